The van der Waals surface area contributed by atoms with Gasteiger partial charge in [0.05, 0.1) is 0 Å². The molecule has 0 heterocycles. The van der Waals surface area contributed by atoms with Crippen LogP contribution in [-0.2, 0) is 4.74 Å². The van der Waals surface area contributed by atoms with Crippen LogP contribution in [0.3, 0.4) is 0 Å². The molecule has 1 aromatic rings. The van der Waals surface area contributed by atoms with Gasteiger partial charge in [0.25, 0.3) is 0 Å². The topological polar surface area (TPSA) is 41.6 Å². The molecule has 0 aliphatic carbocycles. The highest BCUT2D eigenvalue weighted by molar-refractivity contribution is 9.10. The number of nitrogens with one attached hydrogen (secondary N) is 1. The molecule has 1 rings (SSSR count). The van der Waals surface area contributed by atoms with Crippen LogP contribution in [0.1, 0.15) is 60.1 Å². The number of carbonyl (C=O) groups is 1. The van der Waals surface area contributed by atoms with Crippen molar-refractivity contribution in [3.05, 3.63) is 34.3 Å². The minimum absolute atomic E-state index is 0.195. The second-order valence-corrected chi connectivity index (χ2v) is 8.85. The number of ether oxygens (including phenoxy) is 1. The Labute approximate surface area is 155 Å². The smallest absolute Gasteiger partial charge is 0.410 e. The van der Waals surface area contributed by atoms with Crippen LogP contribution in [0.4, 0.5) is 4.79 Å². The first kappa shape index (κ1) is 21.0. The average Bonchev–Trinajstić information content (AvgIpc) is 2.40. The van der Waals surface area contributed by atoms with E-state index in [9.17, 15) is 4.79 Å². The van der Waals surface area contributed by atoms with Gasteiger partial charge >= 0.3 is 6.09 Å². The summed E-state index contributed by atoms with van der Waals surface area (Å²) in [6.07, 6.45) is -0.273. The highest BCUT2D eigenvalue weighted by atomic mass is 79.9. The minimum Gasteiger partial charge on any atom is -0.444 e. The van der Waals surface area contributed by atoms with Crippen molar-refractivity contribution in [2.75, 3.05) is 13.1 Å². The number of carbonyl (C=O) groups excluding carboxylic acids is 1. The first-order valence-electron chi connectivity index (χ1n) is 8.40. The molecule has 1 amide bonds. The molecule has 1 aromatic carbocycles. The van der Waals surface area contributed by atoms with Gasteiger partial charge in [0.2, 0.25) is 0 Å². The van der Waals surface area contributed by atoms with E-state index in [-0.39, 0.29) is 17.7 Å². The number of hydrogen-bond acceptors (Lipinski definition) is 3. The van der Waals surface area contributed by atoms with Crippen molar-refractivity contribution in [3.63, 3.8) is 0 Å². The third kappa shape index (κ3) is 6.81. The third-order valence-corrected chi connectivity index (χ3v) is 4.30. The normalized spacial score (nSPS) is 13.5. The zero-order valence-corrected chi connectivity index (χ0v) is 17.5. The Morgan fingerprint density at radius 3 is 2.29 bits per heavy atom. The zero-order valence-electron chi connectivity index (χ0n) is 15.9. The Bertz CT molecular complexity index is 547. The van der Waals surface area contributed by atoms with Crippen LogP contribution < -0.4 is 5.32 Å². The first-order valence-corrected chi connectivity index (χ1v) is 9.19. The molecule has 0 radical (unpaired) electrons. The molecule has 0 aromatic heterocycles. The Kier molecular flexibility index (Phi) is 7.29. The Hall–Kier alpha value is -1.07. The molecule has 0 saturated carbocycles. The summed E-state index contributed by atoms with van der Waals surface area (Å²) in [5, 5.41) is 3.48. The number of benzene rings is 1. The van der Waals surface area contributed by atoms with Crippen molar-refractivity contribution >= 4 is 22.0 Å². The van der Waals surface area contributed by atoms with Gasteiger partial charge in [-0.05, 0) is 60.1 Å². The van der Waals surface area contributed by atoms with Crippen LogP contribution in [0.15, 0.2) is 28.7 Å². The van der Waals surface area contributed by atoms with E-state index in [0.29, 0.717) is 13.1 Å². The average molecular weight is 399 g/mol. The fourth-order valence-corrected chi connectivity index (χ4v) is 2.97. The molecule has 0 bridgehead atoms. The molecule has 5 heteroatoms. The van der Waals surface area contributed by atoms with Gasteiger partial charge in [0.1, 0.15) is 5.60 Å². The summed E-state index contributed by atoms with van der Waals surface area (Å²) in [4.78, 5) is 14.2. The van der Waals surface area contributed by atoms with E-state index in [1.54, 1.807) is 4.90 Å². The zero-order chi connectivity index (χ0) is 18.5. The summed E-state index contributed by atoms with van der Waals surface area (Å²) in [6, 6.07) is 8.36. The van der Waals surface area contributed by atoms with Gasteiger partial charge in [-0.1, -0.05) is 34.1 Å². The van der Waals surface area contributed by atoms with E-state index in [2.05, 4.69) is 34.2 Å². The van der Waals surface area contributed by atoms with Crippen LogP contribution >= 0.6 is 15.9 Å². The SMILES string of the molecule is CC(NCCN(C(=O)OC(C)(C)C)C(C)(C)C)c1ccccc1Br. The summed E-state index contributed by atoms with van der Waals surface area (Å²) < 4.78 is 6.63. The van der Waals surface area contributed by atoms with Crippen molar-refractivity contribution in [1.82, 2.24) is 10.2 Å². The second-order valence-electron chi connectivity index (χ2n) is 8.00. The molecule has 0 spiro atoms. The lowest BCUT2D eigenvalue weighted by Gasteiger charge is -2.37. The van der Waals surface area contributed by atoms with Crippen LogP contribution in [0.5, 0.6) is 0 Å². The molecule has 136 valence electrons. The Balaban J connectivity index is 2.66. The molecule has 0 fully saturated rings. The lowest BCUT2D eigenvalue weighted by Crippen LogP contribution is -2.50. The summed E-state index contributed by atoms with van der Waals surface area (Å²) in [6.45, 7) is 15.1. The molecule has 0 aliphatic heterocycles. The monoisotopic (exact) mass is 398 g/mol. The molecule has 0 saturated heterocycles. The van der Waals surface area contributed by atoms with Crippen LogP contribution in [0.2, 0.25) is 0 Å². The van der Waals surface area contributed by atoms with Crippen LogP contribution in [-0.4, -0.2) is 35.2 Å². The molecular weight excluding hydrogens is 368 g/mol. The van der Waals surface area contributed by atoms with Gasteiger partial charge < -0.3 is 15.0 Å². The van der Waals surface area contributed by atoms with Crippen molar-refractivity contribution in [2.24, 2.45) is 0 Å². The van der Waals surface area contributed by atoms with Crippen LogP contribution in [0.25, 0.3) is 0 Å². The van der Waals surface area contributed by atoms with Crippen molar-refractivity contribution in [2.45, 2.75) is 65.6 Å². The van der Waals surface area contributed by atoms with Crippen molar-refractivity contribution < 1.29 is 9.53 Å². The molecular formula is C19H31BrN2O2. The largest absolute Gasteiger partial charge is 0.444 e. The maximum absolute atomic E-state index is 12.5. The molecule has 0 aliphatic rings. The Morgan fingerprint density at radius 1 is 1.21 bits per heavy atom. The van der Waals surface area contributed by atoms with Gasteiger partial charge in [0.15, 0.2) is 0 Å². The van der Waals surface area contributed by atoms with Gasteiger partial charge in [-0.15, -0.1) is 0 Å². The molecule has 1 N–H and O–H groups in total. The lowest BCUT2D eigenvalue weighted by molar-refractivity contribution is 0.00649. The second kappa shape index (κ2) is 8.34. The maximum atomic E-state index is 12.5. The van der Waals surface area contributed by atoms with Crippen molar-refractivity contribution in [1.29, 1.82) is 0 Å². The van der Waals surface area contributed by atoms with E-state index >= 15 is 0 Å². The Morgan fingerprint density at radius 2 is 1.79 bits per heavy atom. The van der Waals surface area contributed by atoms with Crippen molar-refractivity contribution in [3.8, 4) is 0 Å². The number of hydrogen-bond donors (Lipinski definition) is 1. The van der Waals surface area contributed by atoms with Gasteiger partial charge in [-0.2, -0.15) is 0 Å². The molecule has 1 unspecified atom stereocenters. The van der Waals surface area contributed by atoms with Gasteiger partial charge in [0, 0.05) is 29.1 Å². The van der Waals surface area contributed by atoms with Gasteiger partial charge in [-0.3, -0.25) is 0 Å². The summed E-state index contributed by atoms with van der Waals surface area (Å²) >= 11 is 3.58. The highest BCUT2D eigenvalue weighted by Gasteiger charge is 2.30. The van der Waals surface area contributed by atoms with E-state index in [0.717, 1.165) is 4.47 Å². The predicted octanol–water partition coefficient (Wildman–Crippen LogP) is 5.14. The van der Waals surface area contributed by atoms with E-state index in [1.807, 2.05) is 59.7 Å². The number of amides is 1. The summed E-state index contributed by atoms with van der Waals surface area (Å²) in [5.41, 5.74) is 0.425. The number of nitrogens with zero attached hydrogens (tertiary/aromatic N) is 1. The predicted molar refractivity (Wildman–Crippen MR) is 103 cm³/mol. The van der Waals surface area contributed by atoms with Gasteiger partial charge in [-0.25, -0.2) is 4.79 Å². The summed E-state index contributed by atoms with van der Waals surface area (Å²) in [5.74, 6) is 0. The quantitative estimate of drug-likeness (QED) is 0.746. The fourth-order valence-electron chi connectivity index (χ4n) is 2.35. The molecule has 1 atom stereocenters. The fraction of sp³-hybridized carbons (Fsp3) is 0.632. The minimum atomic E-state index is -0.490. The maximum Gasteiger partial charge on any atom is 0.410 e. The third-order valence-electron chi connectivity index (χ3n) is 3.58. The molecule has 4 nitrogen and oxygen atoms in total. The number of halogens is 1. The summed E-state index contributed by atoms with van der Waals surface area (Å²) in [7, 11) is 0. The van der Waals surface area contributed by atoms with E-state index < -0.39 is 5.60 Å². The van der Waals surface area contributed by atoms with E-state index in [1.165, 1.54) is 5.56 Å². The lowest BCUT2D eigenvalue weighted by atomic mass is 10.1. The van der Waals surface area contributed by atoms with E-state index in [4.69, 9.17) is 4.74 Å². The highest BCUT2D eigenvalue weighted by Crippen LogP contribution is 2.23. The number of rotatable bonds is 5. The standard InChI is InChI=1S/C19H31BrN2O2/c1-14(15-10-8-9-11-16(15)20)21-12-13-22(18(2,3)4)17(23)24-19(5,6)7/h8-11,14,21H,12-13H2,1-7H3. The van der Waals surface area contributed by atoms with Crippen LogP contribution in [0, 0.1) is 0 Å². The molecule has 24 heavy (non-hydrogen) atoms. The first-order chi connectivity index (χ1) is 10.9.